The zero-order valence-electron chi connectivity index (χ0n) is 8.60. The Morgan fingerprint density at radius 3 is 3.19 bits per heavy atom. The molecule has 1 aliphatic heterocycles. The largest absolute Gasteiger partial charge is 0.369 e. The van der Waals surface area contributed by atoms with Gasteiger partial charge in [-0.1, -0.05) is 6.07 Å². The lowest BCUT2D eigenvalue weighted by atomic mass is 10.1. The van der Waals surface area contributed by atoms with Crippen LogP contribution in [0.5, 0.6) is 0 Å². The van der Waals surface area contributed by atoms with Crippen LogP contribution in [0.2, 0.25) is 0 Å². The van der Waals surface area contributed by atoms with Crippen LogP contribution in [0.4, 0.5) is 5.82 Å². The molecule has 1 N–H and O–H groups in total. The van der Waals surface area contributed by atoms with Crippen molar-refractivity contribution in [2.45, 2.75) is 12.5 Å². The van der Waals surface area contributed by atoms with Crippen molar-refractivity contribution in [3.05, 3.63) is 40.8 Å². The van der Waals surface area contributed by atoms with Crippen LogP contribution >= 0.6 is 15.9 Å². The summed E-state index contributed by atoms with van der Waals surface area (Å²) in [6, 6.07) is 6.24. The number of nitrogens with one attached hydrogen (secondary N) is 1. The molecule has 2 aromatic rings. The average Bonchev–Trinajstić information content (AvgIpc) is 2.73. The molecule has 5 heteroatoms. The Balaban J connectivity index is 2.05. The van der Waals surface area contributed by atoms with E-state index in [1.807, 2.05) is 29.2 Å². The Morgan fingerprint density at radius 2 is 2.38 bits per heavy atom. The highest BCUT2D eigenvalue weighted by atomic mass is 79.9. The molecule has 0 fully saturated rings. The molecule has 0 aromatic carbocycles. The van der Waals surface area contributed by atoms with Crippen molar-refractivity contribution in [2.75, 3.05) is 11.9 Å². The molecule has 3 rings (SSSR count). The van der Waals surface area contributed by atoms with Gasteiger partial charge in [-0.2, -0.15) is 5.10 Å². The fourth-order valence-corrected chi connectivity index (χ4v) is 2.45. The van der Waals surface area contributed by atoms with Gasteiger partial charge in [0.05, 0.1) is 22.4 Å². The fourth-order valence-electron chi connectivity index (χ4n) is 2.04. The van der Waals surface area contributed by atoms with Crippen LogP contribution in [0.15, 0.2) is 35.1 Å². The molecule has 4 nitrogen and oxygen atoms in total. The topological polar surface area (TPSA) is 42.7 Å². The van der Waals surface area contributed by atoms with Gasteiger partial charge in [0.15, 0.2) is 0 Å². The first-order valence-electron chi connectivity index (χ1n) is 5.24. The number of hydrogen-bond donors (Lipinski definition) is 1. The lowest BCUT2D eigenvalue weighted by molar-refractivity contribution is 0.471. The molecule has 16 heavy (non-hydrogen) atoms. The molecule has 1 unspecified atom stereocenters. The molecule has 82 valence electrons. The lowest BCUT2D eigenvalue weighted by Gasteiger charge is -2.25. The highest BCUT2D eigenvalue weighted by Crippen LogP contribution is 2.32. The van der Waals surface area contributed by atoms with Gasteiger partial charge < -0.3 is 5.32 Å². The van der Waals surface area contributed by atoms with Gasteiger partial charge in [-0.25, -0.2) is 4.68 Å². The van der Waals surface area contributed by atoms with E-state index in [9.17, 15) is 0 Å². The van der Waals surface area contributed by atoms with E-state index in [4.69, 9.17) is 0 Å². The summed E-state index contributed by atoms with van der Waals surface area (Å²) in [6.07, 6.45) is 4.66. The summed E-state index contributed by atoms with van der Waals surface area (Å²) in [5.41, 5.74) is 1.07. The number of nitrogens with zero attached hydrogens (tertiary/aromatic N) is 3. The van der Waals surface area contributed by atoms with Gasteiger partial charge in [0.2, 0.25) is 0 Å². The average molecular weight is 279 g/mol. The van der Waals surface area contributed by atoms with Crippen LogP contribution < -0.4 is 5.32 Å². The van der Waals surface area contributed by atoms with E-state index >= 15 is 0 Å². The van der Waals surface area contributed by atoms with Gasteiger partial charge >= 0.3 is 0 Å². The van der Waals surface area contributed by atoms with Crippen molar-refractivity contribution in [1.82, 2.24) is 14.8 Å². The maximum Gasteiger partial charge on any atom is 0.139 e. The van der Waals surface area contributed by atoms with Crippen LogP contribution in [0.3, 0.4) is 0 Å². The van der Waals surface area contributed by atoms with Gasteiger partial charge in [0, 0.05) is 12.7 Å². The molecule has 3 heterocycles. The Hall–Kier alpha value is -1.36. The van der Waals surface area contributed by atoms with E-state index in [-0.39, 0.29) is 6.04 Å². The second-order valence-electron chi connectivity index (χ2n) is 3.77. The third kappa shape index (κ3) is 1.51. The summed E-state index contributed by atoms with van der Waals surface area (Å²) in [7, 11) is 0. The number of fused-ring (bicyclic) bond motifs is 1. The predicted octanol–water partition coefficient (Wildman–Crippen LogP) is 2.45. The minimum atomic E-state index is 0.240. The van der Waals surface area contributed by atoms with Gasteiger partial charge in [-0.15, -0.1) is 0 Å². The van der Waals surface area contributed by atoms with Crippen LogP contribution in [-0.2, 0) is 0 Å². The second-order valence-corrected chi connectivity index (χ2v) is 4.63. The van der Waals surface area contributed by atoms with E-state index < -0.39 is 0 Å². The first-order valence-corrected chi connectivity index (χ1v) is 6.03. The normalized spacial score (nSPS) is 18.9. The summed E-state index contributed by atoms with van der Waals surface area (Å²) >= 11 is 3.49. The summed E-state index contributed by atoms with van der Waals surface area (Å²) in [5, 5.41) is 7.72. The molecule has 0 aliphatic carbocycles. The maximum atomic E-state index is 4.41. The Kier molecular flexibility index (Phi) is 2.40. The Labute approximate surface area is 102 Å². The number of aromatic nitrogens is 3. The molecule has 2 aromatic heterocycles. The smallest absolute Gasteiger partial charge is 0.139 e. The minimum absolute atomic E-state index is 0.240. The molecule has 0 radical (unpaired) electrons. The molecule has 0 saturated heterocycles. The zero-order valence-corrected chi connectivity index (χ0v) is 10.2. The van der Waals surface area contributed by atoms with Crippen molar-refractivity contribution < 1.29 is 0 Å². The zero-order chi connectivity index (χ0) is 11.0. The number of hydrogen-bond acceptors (Lipinski definition) is 3. The molecule has 0 spiro atoms. The standard InChI is InChI=1S/C11H11BrN4/c12-8-7-15-16-10(4-6-14-11(8)16)9-3-1-2-5-13-9/h1-3,5,7,10,14H,4,6H2. The van der Waals surface area contributed by atoms with Crippen LogP contribution in [0.1, 0.15) is 18.2 Å². The van der Waals surface area contributed by atoms with Crippen molar-refractivity contribution in [1.29, 1.82) is 0 Å². The van der Waals surface area contributed by atoms with Gasteiger partial charge in [-0.05, 0) is 34.5 Å². The minimum Gasteiger partial charge on any atom is -0.369 e. The van der Waals surface area contributed by atoms with Crippen LogP contribution in [-0.4, -0.2) is 21.3 Å². The Morgan fingerprint density at radius 1 is 1.44 bits per heavy atom. The molecular weight excluding hydrogens is 268 g/mol. The molecule has 0 bridgehead atoms. The van der Waals surface area contributed by atoms with Crippen LogP contribution in [0.25, 0.3) is 0 Å². The predicted molar refractivity (Wildman–Crippen MR) is 65.4 cm³/mol. The molecule has 0 saturated carbocycles. The SMILES string of the molecule is Brc1cnn2c1NCCC2c1ccccn1. The van der Waals surface area contributed by atoms with E-state index in [2.05, 4.69) is 37.4 Å². The summed E-state index contributed by atoms with van der Waals surface area (Å²) in [4.78, 5) is 4.41. The van der Waals surface area contributed by atoms with Gasteiger partial charge in [0.25, 0.3) is 0 Å². The van der Waals surface area contributed by atoms with Crippen molar-refractivity contribution in [2.24, 2.45) is 0 Å². The molecular formula is C11H11BrN4. The number of anilines is 1. The van der Waals surface area contributed by atoms with E-state index in [0.717, 1.165) is 29.0 Å². The number of rotatable bonds is 1. The van der Waals surface area contributed by atoms with E-state index in [1.165, 1.54) is 0 Å². The Bertz CT molecular complexity index is 494. The third-order valence-corrected chi connectivity index (χ3v) is 3.37. The third-order valence-electron chi connectivity index (χ3n) is 2.79. The quantitative estimate of drug-likeness (QED) is 0.871. The highest BCUT2D eigenvalue weighted by Gasteiger charge is 2.24. The van der Waals surface area contributed by atoms with E-state index in [0.29, 0.717) is 0 Å². The van der Waals surface area contributed by atoms with Gasteiger partial charge in [0.1, 0.15) is 5.82 Å². The van der Waals surface area contributed by atoms with Crippen LogP contribution in [0, 0.1) is 0 Å². The maximum absolute atomic E-state index is 4.41. The highest BCUT2D eigenvalue weighted by molar-refractivity contribution is 9.10. The molecule has 1 aliphatic rings. The summed E-state index contributed by atoms with van der Waals surface area (Å²) in [6.45, 7) is 0.950. The van der Waals surface area contributed by atoms with Crippen molar-refractivity contribution in [3.63, 3.8) is 0 Å². The molecule has 0 amide bonds. The first kappa shape index (κ1) is 9.84. The van der Waals surface area contributed by atoms with Gasteiger partial charge in [-0.3, -0.25) is 4.98 Å². The van der Waals surface area contributed by atoms with Crippen molar-refractivity contribution >= 4 is 21.7 Å². The molecule has 1 atom stereocenters. The first-order chi connectivity index (χ1) is 7.86. The number of halogens is 1. The number of pyridine rings is 1. The fraction of sp³-hybridized carbons (Fsp3) is 0.273. The lowest BCUT2D eigenvalue weighted by Crippen LogP contribution is -2.25. The monoisotopic (exact) mass is 278 g/mol. The second kappa shape index (κ2) is 3.90. The van der Waals surface area contributed by atoms with Crippen molar-refractivity contribution in [3.8, 4) is 0 Å². The summed E-state index contributed by atoms with van der Waals surface area (Å²) < 4.78 is 3.00. The van der Waals surface area contributed by atoms with E-state index in [1.54, 1.807) is 0 Å². The summed E-state index contributed by atoms with van der Waals surface area (Å²) in [5.74, 6) is 1.04.